The van der Waals surface area contributed by atoms with Crippen LogP contribution in [0.1, 0.15) is 10.4 Å². The molecule has 1 N–H and O–H groups in total. The zero-order chi connectivity index (χ0) is 13.5. The fourth-order valence-electron chi connectivity index (χ4n) is 1.18. The predicted octanol–water partition coefficient (Wildman–Crippen LogP) is 1.16. The number of carbonyl (C=O) groups is 1. The highest BCUT2D eigenvalue weighted by molar-refractivity contribution is 5.93. The summed E-state index contributed by atoms with van der Waals surface area (Å²) in [5.41, 5.74) is 0.509. The van der Waals surface area contributed by atoms with Gasteiger partial charge in [-0.3, -0.25) is 9.63 Å². The van der Waals surface area contributed by atoms with Crippen LogP contribution in [0.4, 0.5) is 5.82 Å². The molecule has 0 aliphatic carbocycles. The van der Waals surface area contributed by atoms with Gasteiger partial charge in [-0.25, -0.2) is 10.0 Å². The van der Waals surface area contributed by atoms with Crippen LogP contribution in [0, 0.1) is 0 Å². The average Bonchev–Trinajstić information content (AvgIpc) is 2.37. The van der Waals surface area contributed by atoms with Crippen LogP contribution in [0.2, 0.25) is 0 Å². The quantitative estimate of drug-likeness (QED) is 0.795. The number of hydrogen-bond donors (Lipinski definition) is 1. The van der Waals surface area contributed by atoms with Crippen molar-refractivity contribution < 1.29 is 9.63 Å². The largest absolute Gasteiger partial charge is 0.382 e. The van der Waals surface area contributed by atoms with Crippen LogP contribution in [-0.4, -0.2) is 49.1 Å². The van der Waals surface area contributed by atoms with Crippen molar-refractivity contribution in [1.82, 2.24) is 14.9 Å². The molecule has 0 saturated carbocycles. The summed E-state index contributed by atoms with van der Waals surface area (Å²) < 4.78 is 0. The molecular formula is C12H18N4O2. The van der Waals surface area contributed by atoms with Crippen LogP contribution in [0.3, 0.4) is 0 Å². The number of aromatic nitrogens is 1. The lowest BCUT2D eigenvalue weighted by molar-refractivity contribution is -0.0757. The molecule has 0 radical (unpaired) electrons. The molecular weight excluding hydrogens is 232 g/mol. The second-order valence-electron chi connectivity index (χ2n) is 3.84. The molecule has 0 aliphatic rings. The first-order valence-electron chi connectivity index (χ1n) is 5.42. The molecule has 6 nitrogen and oxygen atoms in total. The van der Waals surface area contributed by atoms with Gasteiger partial charge in [0, 0.05) is 45.3 Å². The minimum absolute atomic E-state index is 0.223. The normalized spacial score (nSPS) is 10.4. The highest BCUT2D eigenvalue weighted by Gasteiger charge is 2.11. The Balaban J connectivity index is 2.76. The van der Waals surface area contributed by atoms with E-state index in [1.807, 2.05) is 25.2 Å². The highest BCUT2D eigenvalue weighted by atomic mass is 16.7. The molecule has 0 atom stereocenters. The Hall–Kier alpha value is -2.08. The molecule has 0 fully saturated rings. The minimum Gasteiger partial charge on any atom is -0.382 e. The number of nitrogens with one attached hydrogen (secondary N) is 1. The van der Waals surface area contributed by atoms with E-state index in [4.69, 9.17) is 4.84 Å². The Morgan fingerprint density at radius 1 is 1.44 bits per heavy atom. The number of pyridine rings is 1. The number of nitrogens with zero attached hydrogens (tertiary/aromatic N) is 3. The van der Waals surface area contributed by atoms with Crippen molar-refractivity contribution in [2.45, 2.75) is 0 Å². The maximum atomic E-state index is 11.8. The third-order valence-electron chi connectivity index (χ3n) is 2.17. The van der Waals surface area contributed by atoms with Crippen molar-refractivity contribution in [1.29, 1.82) is 0 Å². The summed E-state index contributed by atoms with van der Waals surface area (Å²) in [4.78, 5) is 22.7. The lowest BCUT2D eigenvalue weighted by atomic mass is 10.2. The highest BCUT2D eigenvalue weighted by Crippen LogP contribution is 2.09. The number of hydrogen-bond acceptors (Lipinski definition) is 5. The van der Waals surface area contributed by atoms with Crippen molar-refractivity contribution in [3.05, 3.63) is 36.3 Å². The summed E-state index contributed by atoms with van der Waals surface area (Å²) in [6.45, 7) is 0. The number of carbonyl (C=O) groups excluding carboxylic acids is 1. The number of anilines is 1. The van der Waals surface area contributed by atoms with E-state index in [9.17, 15) is 4.79 Å². The fourth-order valence-corrected chi connectivity index (χ4v) is 1.18. The zero-order valence-corrected chi connectivity index (χ0v) is 11.0. The van der Waals surface area contributed by atoms with Gasteiger partial charge in [0.2, 0.25) is 0 Å². The molecule has 0 aliphatic heterocycles. The molecule has 18 heavy (non-hydrogen) atoms. The van der Waals surface area contributed by atoms with E-state index in [0.717, 1.165) is 5.06 Å². The lowest BCUT2D eigenvalue weighted by Gasteiger charge is -2.13. The van der Waals surface area contributed by atoms with Crippen molar-refractivity contribution >= 4 is 11.7 Å². The number of amides is 1. The van der Waals surface area contributed by atoms with Gasteiger partial charge in [-0.15, -0.1) is 0 Å². The molecule has 98 valence electrons. The Morgan fingerprint density at radius 3 is 2.78 bits per heavy atom. The van der Waals surface area contributed by atoms with Crippen molar-refractivity contribution in [3.63, 3.8) is 0 Å². The molecule has 0 spiro atoms. The third-order valence-corrected chi connectivity index (χ3v) is 2.17. The van der Waals surface area contributed by atoms with Crippen LogP contribution in [0.25, 0.3) is 0 Å². The van der Waals surface area contributed by atoms with E-state index in [-0.39, 0.29) is 5.91 Å². The maximum absolute atomic E-state index is 11.8. The fraction of sp³-hybridized carbons (Fsp3) is 0.333. The SMILES string of the molecule is CON(C)C(=O)c1ccnc(N/C=C/N(C)C)c1. The first kappa shape index (κ1) is 14.0. The summed E-state index contributed by atoms with van der Waals surface area (Å²) in [5, 5.41) is 4.14. The van der Waals surface area contributed by atoms with Gasteiger partial charge < -0.3 is 10.2 Å². The van der Waals surface area contributed by atoms with Gasteiger partial charge in [0.1, 0.15) is 5.82 Å². The summed E-state index contributed by atoms with van der Waals surface area (Å²) in [7, 11) is 6.83. The first-order valence-corrected chi connectivity index (χ1v) is 5.42. The van der Waals surface area contributed by atoms with E-state index < -0.39 is 0 Å². The van der Waals surface area contributed by atoms with E-state index in [1.54, 1.807) is 31.6 Å². The lowest BCUT2D eigenvalue weighted by Crippen LogP contribution is -2.25. The molecule has 6 heteroatoms. The monoisotopic (exact) mass is 250 g/mol. The van der Waals surface area contributed by atoms with E-state index >= 15 is 0 Å². The first-order chi connectivity index (χ1) is 8.54. The van der Waals surface area contributed by atoms with Gasteiger partial charge in [-0.1, -0.05) is 0 Å². The van der Waals surface area contributed by atoms with Gasteiger partial charge in [-0.2, -0.15) is 0 Å². The van der Waals surface area contributed by atoms with Crippen LogP contribution in [0.5, 0.6) is 0 Å². The molecule has 0 aromatic carbocycles. The zero-order valence-electron chi connectivity index (χ0n) is 11.0. The molecule has 1 aromatic rings. The molecule has 0 unspecified atom stereocenters. The molecule has 1 heterocycles. The Labute approximate surface area is 107 Å². The Morgan fingerprint density at radius 2 is 2.17 bits per heavy atom. The van der Waals surface area contributed by atoms with Gasteiger partial charge in [0.15, 0.2) is 0 Å². The Kier molecular flexibility index (Phi) is 5.13. The van der Waals surface area contributed by atoms with Crippen LogP contribution in [0.15, 0.2) is 30.7 Å². The van der Waals surface area contributed by atoms with Crippen molar-refractivity contribution in [2.24, 2.45) is 0 Å². The molecule has 0 saturated heterocycles. The summed E-state index contributed by atoms with van der Waals surface area (Å²) >= 11 is 0. The minimum atomic E-state index is -0.223. The summed E-state index contributed by atoms with van der Waals surface area (Å²) in [6.07, 6.45) is 5.16. The third kappa shape index (κ3) is 4.06. The van der Waals surface area contributed by atoms with Crippen LogP contribution >= 0.6 is 0 Å². The molecule has 1 amide bonds. The number of rotatable bonds is 5. The van der Waals surface area contributed by atoms with Gasteiger partial charge in [0.25, 0.3) is 5.91 Å². The van der Waals surface area contributed by atoms with Gasteiger partial charge >= 0.3 is 0 Å². The van der Waals surface area contributed by atoms with E-state index in [2.05, 4.69) is 10.3 Å². The standard InChI is InChI=1S/C12H18N4O2/c1-15(2)8-7-14-11-9-10(5-6-13-11)12(17)16(3)18-4/h5-9H,1-4H3,(H,13,14)/b8-7+. The van der Waals surface area contributed by atoms with Gasteiger partial charge in [0.05, 0.1) is 7.11 Å². The number of hydroxylamine groups is 2. The van der Waals surface area contributed by atoms with Gasteiger partial charge in [-0.05, 0) is 12.1 Å². The molecule has 0 bridgehead atoms. The maximum Gasteiger partial charge on any atom is 0.277 e. The van der Waals surface area contributed by atoms with E-state index in [1.165, 1.54) is 7.11 Å². The topological polar surface area (TPSA) is 57.7 Å². The summed E-state index contributed by atoms with van der Waals surface area (Å²) in [5.74, 6) is 0.378. The molecule has 1 rings (SSSR count). The smallest absolute Gasteiger partial charge is 0.277 e. The second-order valence-corrected chi connectivity index (χ2v) is 3.84. The Bertz CT molecular complexity index is 432. The predicted molar refractivity (Wildman–Crippen MR) is 69.8 cm³/mol. The van der Waals surface area contributed by atoms with Crippen molar-refractivity contribution in [2.75, 3.05) is 33.6 Å². The van der Waals surface area contributed by atoms with E-state index in [0.29, 0.717) is 11.4 Å². The second kappa shape index (κ2) is 6.61. The van der Waals surface area contributed by atoms with Crippen LogP contribution in [-0.2, 0) is 4.84 Å². The van der Waals surface area contributed by atoms with Crippen molar-refractivity contribution in [3.8, 4) is 0 Å². The summed E-state index contributed by atoms with van der Waals surface area (Å²) in [6, 6.07) is 3.30. The average molecular weight is 250 g/mol. The molecule has 1 aromatic heterocycles. The van der Waals surface area contributed by atoms with Crippen LogP contribution < -0.4 is 5.32 Å².